The number of methoxy groups -OCH3 is 1. The Morgan fingerprint density at radius 1 is 1.29 bits per heavy atom. The predicted octanol–water partition coefficient (Wildman–Crippen LogP) is 2.54. The van der Waals surface area contributed by atoms with E-state index in [1.165, 1.54) is 0 Å². The quantitative estimate of drug-likeness (QED) is 0.771. The minimum Gasteiger partial charge on any atom is -0.497 e. The van der Waals surface area contributed by atoms with E-state index in [-0.39, 0.29) is 6.61 Å². The first-order valence-electron chi connectivity index (χ1n) is 5.55. The van der Waals surface area contributed by atoms with E-state index in [0.29, 0.717) is 12.2 Å². The van der Waals surface area contributed by atoms with E-state index in [4.69, 9.17) is 14.6 Å². The van der Waals surface area contributed by atoms with Crippen molar-refractivity contribution in [2.75, 3.05) is 13.7 Å². The molecule has 0 saturated heterocycles. The SMILES string of the molecule is C=C(CO)C(C)(C)OCc1ccc(OC)cc1. The largest absolute Gasteiger partial charge is 0.497 e. The highest BCUT2D eigenvalue weighted by Gasteiger charge is 2.21. The molecule has 0 atom stereocenters. The summed E-state index contributed by atoms with van der Waals surface area (Å²) in [5.41, 5.74) is 1.21. The average molecular weight is 236 g/mol. The third kappa shape index (κ3) is 3.88. The molecule has 0 aliphatic carbocycles. The molecule has 0 amide bonds. The molecule has 0 aliphatic rings. The second kappa shape index (κ2) is 5.84. The summed E-state index contributed by atoms with van der Waals surface area (Å²) in [6.45, 7) is 8.01. The topological polar surface area (TPSA) is 38.7 Å². The van der Waals surface area contributed by atoms with Crippen molar-refractivity contribution < 1.29 is 14.6 Å². The summed E-state index contributed by atoms with van der Waals surface area (Å²) in [6.07, 6.45) is 0. The molecule has 0 bridgehead atoms. The van der Waals surface area contributed by atoms with Crippen LogP contribution in [0.3, 0.4) is 0 Å². The van der Waals surface area contributed by atoms with Crippen LogP contribution in [0, 0.1) is 0 Å². The number of hydrogen-bond acceptors (Lipinski definition) is 3. The Balaban J connectivity index is 2.57. The Bertz CT molecular complexity index is 366. The van der Waals surface area contributed by atoms with Crippen LogP contribution < -0.4 is 4.74 Å². The second-order valence-electron chi connectivity index (χ2n) is 4.41. The maximum Gasteiger partial charge on any atom is 0.118 e. The minimum absolute atomic E-state index is 0.0599. The summed E-state index contributed by atoms with van der Waals surface area (Å²) < 4.78 is 10.8. The highest BCUT2D eigenvalue weighted by atomic mass is 16.5. The van der Waals surface area contributed by atoms with Crippen molar-refractivity contribution >= 4 is 0 Å². The molecule has 0 fully saturated rings. The average Bonchev–Trinajstić information content (AvgIpc) is 2.36. The fourth-order valence-electron chi connectivity index (χ4n) is 1.28. The van der Waals surface area contributed by atoms with Gasteiger partial charge in [-0.3, -0.25) is 0 Å². The van der Waals surface area contributed by atoms with Crippen LogP contribution in [0.4, 0.5) is 0 Å². The zero-order valence-electron chi connectivity index (χ0n) is 10.7. The zero-order chi connectivity index (χ0) is 12.9. The van der Waals surface area contributed by atoms with Crippen molar-refractivity contribution in [2.45, 2.75) is 26.1 Å². The van der Waals surface area contributed by atoms with Gasteiger partial charge in [0, 0.05) is 0 Å². The van der Waals surface area contributed by atoms with E-state index in [1.54, 1.807) is 7.11 Å². The number of ether oxygens (including phenoxy) is 2. The van der Waals surface area contributed by atoms with Crippen LogP contribution in [0.25, 0.3) is 0 Å². The van der Waals surface area contributed by atoms with Gasteiger partial charge >= 0.3 is 0 Å². The van der Waals surface area contributed by atoms with Crippen molar-refractivity contribution in [2.24, 2.45) is 0 Å². The summed E-state index contributed by atoms with van der Waals surface area (Å²) in [6, 6.07) is 7.70. The van der Waals surface area contributed by atoms with Gasteiger partial charge in [0.2, 0.25) is 0 Å². The van der Waals surface area contributed by atoms with E-state index in [0.717, 1.165) is 11.3 Å². The van der Waals surface area contributed by atoms with Gasteiger partial charge in [-0.25, -0.2) is 0 Å². The number of aliphatic hydroxyl groups excluding tert-OH is 1. The first-order valence-corrected chi connectivity index (χ1v) is 5.55. The van der Waals surface area contributed by atoms with Gasteiger partial charge in [0.15, 0.2) is 0 Å². The van der Waals surface area contributed by atoms with E-state index in [2.05, 4.69) is 6.58 Å². The Labute approximate surface area is 103 Å². The van der Waals surface area contributed by atoms with E-state index >= 15 is 0 Å². The third-order valence-corrected chi connectivity index (χ3v) is 2.80. The van der Waals surface area contributed by atoms with Crippen molar-refractivity contribution in [3.8, 4) is 5.75 Å². The fourth-order valence-corrected chi connectivity index (χ4v) is 1.28. The Hall–Kier alpha value is -1.32. The minimum atomic E-state index is -0.519. The summed E-state index contributed by atoms with van der Waals surface area (Å²) in [5.74, 6) is 0.827. The molecule has 1 aromatic carbocycles. The summed E-state index contributed by atoms with van der Waals surface area (Å²) in [7, 11) is 1.64. The molecule has 0 unspecified atom stereocenters. The molecule has 0 radical (unpaired) electrons. The maximum absolute atomic E-state index is 9.04. The van der Waals surface area contributed by atoms with E-state index < -0.39 is 5.60 Å². The molecule has 94 valence electrons. The van der Waals surface area contributed by atoms with E-state index in [1.807, 2.05) is 38.1 Å². The number of rotatable bonds is 6. The molecule has 0 heterocycles. The van der Waals surface area contributed by atoms with Gasteiger partial charge in [0.1, 0.15) is 5.75 Å². The Morgan fingerprint density at radius 3 is 2.35 bits per heavy atom. The molecule has 1 N–H and O–H groups in total. The molecular formula is C14H20O3. The van der Waals surface area contributed by atoms with Crippen LogP contribution in [-0.2, 0) is 11.3 Å². The van der Waals surface area contributed by atoms with Crippen LogP contribution in [-0.4, -0.2) is 24.4 Å². The smallest absolute Gasteiger partial charge is 0.118 e. The lowest BCUT2D eigenvalue weighted by Gasteiger charge is -2.26. The Kier molecular flexibility index (Phi) is 4.73. The summed E-state index contributed by atoms with van der Waals surface area (Å²) in [5, 5.41) is 9.04. The van der Waals surface area contributed by atoms with Gasteiger partial charge in [-0.2, -0.15) is 0 Å². The lowest BCUT2D eigenvalue weighted by molar-refractivity contribution is -0.00762. The molecule has 1 aromatic rings. The van der Waals surface area contributed by atoms with Crippen molar-refractivity contribution in [1.29, 1.82) is 0 Å². The van der Waals surface area contributed by atoms with Crippen molar-refractivity contribution in [3.05, 3.63) is 42.0 Å². The standard InChI is InChI=1S/C14H20O3/c1-11(9-15)14(2,3)17-10-12-5-7-13(16-4)8-6-12/h5-8,15H,1,9-10H2,2-4H3. The Morgan fingerprint density at radius 2 is 1.88 bits per heavy atom. The lowest BCUT2D eigenvalue weighted by Crippen LogP contribution is -2.28. The van der Waals surface area contributed by atoms with Gasteiger partial charge < -0.3 is 14.6 Å². The molecule has 3 nitrogen and oxygen atoms in total. The first kappa shape index (κ1) is 13.7. The van der Waals surface area contributed by atoms with Crippen LogP contribution in [0.1, 0.15) is 19.4 Å². The van der Waals surface area contributed by atoms with Crippen LogP contribution in [0.2, 0.25) is 0 Å². The molecule has 0 saturated carbocycles. The molecule has 1 rings (SSSR count). The zero-order valence-corrected chi connectivity index (χ0v) is 10.7. The monoisotopic (exact) mass is 236 g/mol. The van der Waals surface area contributed by atoms with Crippen molar-refractivity contribution in [1.82, 2.24) is 0 Å². The highest BCUT2D eigenvalue weighted by molar-refractivity contribution is 5.26. The van der Waals surface area contributed by atoms with Gasteiger partial charge in [0.25, 0.3) is 0 Å². The molecule has 17 heavy (non-hydrogen) atoms. The van der Waals surface area contributed by atoms with Crippen molar-refractivity contribution in [3.63, 3.8) is 0 Å². The summed E-state index contributed by atoms with van der Waals surface area (Å²) >= 11 is 0. The van der Waals surface area contributed by atoms with E-state index in [9.17, 15) is 0 Å². The highest BCUT2D eigenvalue weighted by Crippen LogP contribution is 2.21. The molecule has 0 aliphatic heterocycles. The van der Waals surface area contributed by atoms with Crippen LogP contribution >= 0.6 is 0 Å². The fraction of sp³-hybridized carbons (Fsp3) is 0.429. The molecular weight excluding hydrogens is 216 g/mol. The summed E-state index contributed by atoms with van der Waals surface area (Å²) in [4.78, 5) is 0. The van der Waals surface area contributed by atoms with Crippen LogP contribution in [0.15, 0.2) is 36.4 Å². The normalized spacial score (nSPS) is 11.3. The molecule has 3 heteroatoms. The number of aliphatic hydroxyl groups is 1. The van der Waals surface area contributed by atoms with Gasteiger partial charge in [-0.1, -0.05) is 18.7 Å². The number of hydrogen-bond donors (Lipinski definition) is 1. The molecule has 0 spiro atoms. The lowest BCUT2D eigenvalue weighted by atomic mass is 10.0. The van der Waals surface area contributed by atoms with Crippen LogP contribution in [0.5, 0.6) is 5.75 Å². The first-order chi connectivity index (χ1) is 7.99. The predicted molar refractivity (Wildman–Crippen MR) is 68.1 cm³/mol. The number of benzene rings is 1. The van der Waals surface area contributed by atoms with Gasteiger partial charge in [-0.15, -0.1) is 0 Å². The van der Waals surface area contributed by atoms with Gasteiger partial charge in [-0.05, 0) is 37.1 Å². The third-order valence-electron chi connectivity index (χ3n) is 2.80. The second-order valence-corrected chi connectivity index (χ2v) is 4.41. The molecule has 0 aromatic heterocycles. The maximum atomic E-state index is 9.04. The van der Waals surface area contributed by atoms with Gasteiger partial charge in [0.05, 0.1) is 25.9 Å².